The predicted molar refractivity (Wildman–Crippen MR) is 114 cm³/mol. The molecule has 0 unspecified atom stereocenters. The van der Waals surface area contributed by atoms with Crippen molar-refractivity contribution in [2.75, 3.05) is 24.5 Å². The van der Waals surface area contributed by atoms with Gasteiger partial charge in [-0.05, 0) is 45.6 Å². The van der Waals surface area contributed by atoms with E-state index >= 15 is 0 Å². The number of carbonyl (C=O) groups excluding carboxylic acids is 1. The van der Waals surface area contributed by atoms with Crippen LogP contribution in [0.1, 0.15) is 33.6 Å². The van der Waals surface area contributed by atoms with Crippen LogP contribution in [0.5, 0.6) is 0 Å². The number of anilines is 1. The Morgan fingerprint density at radius 2 is 1.87 bits per heavy atom. The van der Waals surface area contributed by atoms with Crippen LogP contribution in [0.3, 0.4) is 0 Å². The van der Waals surface area contributed by atoms with E-state index in [1.165, 1.54) is 0 Å². The summed E-state index contributed by atoms with van der Waals surface area (Å²) >= 11 is 0. The average Bonchev–Trinajstić information content (AvgIpc) is 2.66. The van der Waals surface area contributed by atoms with Gasteiger partial charge in [-0.15, -0.1) is 0 Å². The zero-order chi connectivity index (χ0) is 21.9. The molecule has 2 aromatic rings. The van der Waals surface area contributed by atoms with Crippen molar-refractivity contribution in [3.63, 3.8) is 0 Å². The van der Waals surface area contributed by atoms with Crippen LogP contribution >= 0.6 is 0 Å². The lowest BCUT2D eigenvalue weighted by atomic mass is 9.97. The van der Waals surface area contributed by atoms with Gasteiger partial charge in [0.15, 0.2) is 5.82 Å². The maximum absolute atomic E-state index is 12.1. The summed E-state index contributed by atoms with van der Waals surface area (Å²) in [6, 6.07) is 7.31. The molecule has 0 aliphatic carbocycles. The zero-order valence-electron chi connectivity index (χ0n) is 17.3. The predicted octanol–water partition coefficient (Wildman–Crippen LogP) is 1.50. The minimum atomic E-state index is -3.99. The van der Waals surface area contributed by atoms with Crippen molar-refractivity contribution < 1.29 is 17.9 Å². The van der Waals surface area contributed by atoms with E-state index < -0.39 is 21.9 Å². The highest BCUT2D eigenvalue weighted by molar-refractivity contribution is 7.88. The van der Waals surface area contributed by atoms with Gasteiger partial charge in [-0.25, -0.2) is 14.6 Å². The van der Waals surface area contributed by atoms with E-state index in [4.69, 9.17) is 4.74 Å². The van der Waals surface area contributed by atoms with Crippen molar-refractivity contribution >= 4 is 32.9 Å². The van der Waals surface area contributed by atoms with Crippen LogP contribution in [0.4, 0.5) is 10.6 Å². The van der Waals surface area contributed by atoms with E-state index in [9.17, 15) is 18.0 Å². The van der Waals surface area contributed by atoms with Crippen molar-refractivity contribution in [3.05, 3.63) is 34.6 Å². The fourth-order valence-corrected chi connectivity index (χ4v) is 4.15. The molecule has 1 saturated heterocycles. The molecule has 3 rings (SSSR count). The SMILES string of the molecule is CC(C)(C)OC(=O)NS(=O)(=O)NCC1CCN(c2n[nH]c(=O)c3ccccc23)CC1. The molecule has 0 saturated carbocycles. The number of hydrogen-bond donors (Lipinski definition) is 3. The highest BCUT2D eigenvalue weighted by atomic mass is 32.2. The Morgan fingerprint density at radius 3 is 2.50 bits per heavy atom. The summed E-state index contributed by atoms with van der Waals surface area (Å²) in [5.74, 6) is 0.835. The second kappa shape index (κ2) is 8.60. The number of amides is 1. The molecule has 1 amide bonds. The summed E-state index contributed by atoms with van der Waals surface area (Å²) in [5.41, 5.74) is -1.01. The van der Waals surface area contributed by atoms with E-state index in [1.54, 1.807) is 26.8 Å². The quantitative estimate of drug-likeness (QED) is 0.645. The van der Waals surface area contributed by atoms with Crippen LogP contribution in [0.2, 0.25) is 0 Å². The number of hydrogen-bond acceptors (Lipinski definition) is 7. The van der Waals surface area contributed by atoms with Crippen molar-refractivity contribution in [2.24, 2.45) is 5.92 Å². The molecule has 0 bridgehead atoms. The number of aromatic nitrogens is 2. The summed E-state index contributed by atoms with van der Waals surface area (Å²) < 4.78 is 33.4. The molecule has 11 heteroatoms. The molecule has 164 valence electrons. The van der Waals surface area contributed by atoms with Gasteiger partial charge < -0.3 is 9.64 Å². The molecule has 1 aromatic heterocycles. The van der Waals surface area contributed by atoms with Gasteiger partial charge in [0.1, 0.15) is 5.60 Å². The normalized spacial score (nSPS) is 15.9. The smallest absolute Gasteiger partial charge is 0.422 e. The molecular weight excluding hydrogens is 410 g/mol. The highest BCUT2D eigenvalue weighted by Gasteiger charge is 2.25. The highest BCUT2D eigenvalue weighted by Crippen LogP contribution is 2.26. The van der Waals surface area contributed by atoms with Crippen LogP contribution in [0.25, 0.3) is 10.8 Å². The topological polar surface area (TPSA) is 133 Å². The zero-order valence-corrected chi connectivity index (χ0v) is 18.1. The lowest BCUT2D eigenvalue weighted by Crippen LogP contribution is -2.45. The van der Waals surface area contributed by atoms with Crippen molar-refractivity contribution in [2.45, 2.75) is 39.2 Å². The fraction of sp³-hybridized carbons (Fsp3) is 0.526. The third kappa shape index (κ3) is 5.70. The number of benzene rings is 1. The standard InChI is InChI=1S/C19H27N5O5S/c1-19(2,3)29-18(26)23-30(27,28)20-12-13-8-10-24(11-9-13)16-14-6-4-5-7-15(14)17(25)22-21-16/h4-7,13,20H,8-12H2,1-3H3,(H,22,25)(H,23,26). The number of H-pyrrole nitrogens is 1. The summed E-state index contributed by atoms with van der Waals surface area (Å²) in [6.07, 6.45) is 0.467. The average molecular weight is 438 g/mol. The molecule has 1 aliphatic heterocycles. The molecule has 3 N–H and O–H groups in total. The van der Waals surface area contributed by atoms with Crippen LogP contribution in [0.15, 0.2) is 29.1 Å². The maximum atomic E-state index is 12.1. The lowest BCUT2D eigenvalue weighted by molar-refractivity contribution is 0.0569. The molecule has 1 fully saturated rings. The van der Waals surface area contributed by atoms with Crippen molar-refractivity contribution in [3.8, 4) is 0 Å². The molecule has 0 atom stereocenters. The number of rotatable bonds is 5. The molecule has 10 nitrogen and oxygen atoms in total. The monoisotopic (exact) mass is 437 g/mol. The molecule has 0 radical (unpaired) electrons. The van der Waals surface area contributed by atoms with Gasteiger partial charge in [0.05, 0.1) is 5.39 Å². The summed E-state index contributed by atoms with van der Waals surface area (Å²) in [7, 11) is -3.99. The Balaban J connectivity index is 1.55. The van der Waals surface area contributed by atoms with Crippen LogP contribution in [-0.4, -0.2) is 49.9 Å². The van der Waals surface area contributed by atoms with E-state index in [2.05, 4.69) is 19.8 Å². The number of aromatic amines is 1. The van der Waals surface area contributed by atoms with Crippen molar-refractivity contribution in [1.82, 2.24) is 19.6 Å². The van der Waals surface area contributed by atoms with Gasteiger partial charge >= 0.3 is 16.3 Å². The van der Waals surface area contributed by atoms with Crippen LogP contribution in [0, 0.1) is 5.92 Å². The molecule has 2 heterocycles. The van der Waals surface area contributed by atoms with Gasteiger partial charge in [-0.1, -0.05) is 18.2 Å². The van der Waals surface area contributed by atoms with Gasteiger partial charge in [0.25, 0.3) is 5.56 Å². The summed E-state index contributed by atoms with van der Waals surface area (Å²) in [4.78, 5) is 25.7. The van der Waals surface area contributed by atoms with Crippen LogP contribution in [-0.2, 0) is 14.9 Å². The minimum Gasteiger partial charge on any atom is -0.443 e. The van der Waals surface area contributed by atoms with Crippen LogP contribution < -0.4 is 19.9 Å². The summed E-state index contributed by atoms with van der Waals surface area (Å²) in [5, 5.41) is 8.14. The first-order valence-electron chi connectivity index (χ1n) is 9.77. The van der Waals surface area contributed by atoms with E-state index in [0.717, 1.165) is 24.0 Å². The number of nitrogens with zero attached hydrogens (tertiary/aromatic N) is 2. The third-order valence-electron chi connectivity index (χ3n) is 4.77. The second-order valence-electron chi connectivity index (χ2n) is 8.31. The van der Waals surface area contributed by atoms with Gasteiger partial charge in [0.2, 0.25) is 0 Å². The lowest BCUT2D eigenvalue weighted by Gasteiger charge is -2.33. The molecule has 0 spiro atoms. The minimum absolute atomic E-state index is 0.116. The molecular formula is C19H27N5O5S. The maximum Gasteiger partial charge on any atom is 0.422 e. The number of ether oxygens (including phenoxy) is 1. The molecule has 1 aliphatic rings. The number of fused-ring (bicyclic) bond motifs is 1. The number of nitrogens with one attached hydrogen (secondary N) is 3. The first-order chi connectivity index (χ1) is 14.0. The Labute approximate surface area is 175 Å². The first kappa shape index (κ1) is 22.0. The second-order valence-corrected chi connectivity index (χ2v) is 9.81. The van der Waals surface area contributed by atoms with Gasteiger partial charge in [-0.3, -0.25) is 4.79 Å². The number of carbonyl (C=O) groups is 1. The summed E-state index contributed by atoms with van der Waals surface area (Å²) in [6.45, 7) is 6.53. The Hall–Kier alpha value is -2.66. The molecule has 1 aromatic carbocycles. The Morgan fingerprint density at radius 1 is 1.23 bits per heavy atom. The Bertz CT molecular complexity index is 1070. The first-order valence-corrected chi connectivity index (χ1v) is 11.3. The van der Waals surface area contributed by atoms with Crippen molar-refractivity contribution in [1.29, 1.82) is 0 Å². The van der Waals surface area contributed by atoms with E-state index in [0.29, 0.717) is 18.5 Å². The van der Waals surface area contributed by atoms with E-state index in [1.807, 2.05) is 22.9 Å². The van der Waals surface area contributed by atoms with Gasteiger partial charge in [-0.2, -0.15) is 18.2 Å². The largest absolute Gasteiger partial charge is 0.443 e. The number of piperidine rings is 1. The van der Waals surface area contributed by atoms with Gasteiger partial charge in [0, 0.05) is 25.0 Å². The fourth-order valence-electron chi connectivity index (χ4n) is 3.36. The van der Waals surface area contributed by atoms with E-state index in [-0.39, 0.29) is 18.0 Å². The molecule has 30 heavy (non-hydrogen) atoms. The third-order valence-corrected chi connectivity index (χ3v) is 5.75. The Kier molecular flexibility index (Phi) is 6.32.